The number of pyridine rings is 1. The quantitative estimate of drug-likeness (QED) is 0.626. The largest absolute Gasteiger partial charge is 0.383 e. The second-order valence-corrected chi connectivity index (χ2v) is 5.70. The predicted molar refractivity (Wildman–Crippen MR) is 95.3 cm³/mol. The van der Waals surface area contributed by atoms with Crippen LogP contribution in [0.1, 0.15) is 5.69 Å². The predicted octanol–water partition coefficient (Wildman–Crippen LogP) is 0.862. The summed E-state index contributed by atoms with van der Waals surface area (Å²) in [5, 5.41) is 8.32. The molecule has 0 atom stereocenters. The highest BCUT2D eigenvalue weighted by molar-refractivity contribution is 5.78. The van der Waals surface area contributed by atoms with Gasteiger partial charge < -0.3 is 9.64 Å². The van der Waals surface area contributed by atoms with Gasteiger partial charge >= 0.3 is 0 Å². The van der Waals surface area contributed by atoms with Crippen molar-refractivity contribution in [2.24, 2.45) is 0 Å². The number of carbonyl (C=O) groups is 1. The zero-order chi connectivity index (χ0) is 18.4. The van der Waals surface area contributed by atoms with Crippen LogP contribution in [0.5, 0.6) is 0 Å². The van der Waals surface area contributed by atoms with E-state index in [2.05, 4.69) is 15.3 Å². The molecule has 3 aromatic rings. The fraction of sp³-hybridized carbons (Fsp3) is 0.278. The van der Waals surface area contributed by atoms with Crippen LogP contribution in [0.25, 0.3) is 10.9 Å². The fourth-order valence-corrected chi connectivity index (χ4v) is 2.54. The second kappa shape index (κ2) is 8.30. The van der Waals surface area contributed by atoms with Crippen LogP contribution >= 0.6 is 0 Å². The second-order valence-electron chi connectivity index (χ2n) is 5.70. The first-order valence-corrected chi connectivity index (χ1v) is 8.18. The number of fused-ring (bicyclic) bond motifs is 1. The van der Waals surface area contributed by atoms with Gasteiger partial charge in [0.25, 0.3) is 5.56 Å². The minimum Gasteiger partial charge on any atom is -0.383 e. The summed E-state index contributed by atoms with van der Waals surface area (Å²) in [4.78, 5) is 31.1. The lowest BCUT2D eigenvalue weighted by Gasteiger charge is -2.22. The molecule has 0 aliphatic carbocycles. The maximum atomic E-state index is 12.7. The average Bonchev–Trinajstić information content (AvgIpc) is 2.68. The van der Waals surface area contributed by atoms with E-state index in [-0.39, 0.29) is 18.0 Å². The van der Waals surface area contributed by atoms with Gasteiger partial charge in [0, 0.05) is 19.9 Å². The molecule has 8 heteroatoms. The van der Waals surface area contributed by atoms with Crippen LogP contribution in [0.2, 0.25) is 0 Å². The highest BCUT2D eigenvalue weighted by Crippen LogP contribution is 2.05. The lowest BCUT2D eigenvalue weighted by molar-refractivity contribution is -0.133. The van der Waals surface area contributed by atoms with E-state index in [1.807, 2.05) is 18.2 Å². The SMILES string of the molecule is COCCN(Cc1ccccn1)C(=O)Cn1nnc2ccccc2c1=O. The van der Waals surface area contributed by atoms with Crippen molar-refractivity contribution in [1.29, 1.82) is 0 Å². The van der Waals surface area contributed by atoms with Crippen molar-refractivity contribution < 1.29 is 9.53 Å². The Kier molecular flexibility index (Phi) is 5.65. The first-order valence-electron chi connectivity index (χ1n) is 8.18. The van der Waals surface area contributed by atoms with Crippen molar-refractivity contribution in [3.8, 4) is 0 Å². The van der Waals surface area contributed by atoms with Crippen molar-refractivity contribution in [1.82, 2.24) is 24.9 Å². The van der Waals surface area contributed by atoms with Crippen LogP contribution in [0.15, 0.2) is 53.5 Å². The molecule has 0 saturated carbocycles. The minimum atomic E-state index is -0.339. The summed E-state index contributed by atoms with van der Waals surface area (Å²) >= 11 is 0. The van der Waals surface area contributed by atoms with Gasteiger partial charge in [-0.1, -0.05) is 23.4 Å². The third-order valence-corrected chi connectivity index (χ3v) is 3.91. The Morgan fingerprint density at radius 2 is 2.00 bits per heavy atom. The number of aromatic nitrogens is 4. The van der Waals surface area contributed by atoms with Gasteiger partial charge in [-0.25, -0.2) is 4.68 Å². The third kappa shape index (κ3) is 4.09. The number of methoxy groups -OCH3 is 1. The highest BCUT2D eigenvalue weighted by atomic mass is 16.5. The molecule has 0 spiro atoms. The number of rotatable bonds is 7. The molecule has 0 radical (unpaired) electrons. The third-order valence-electron chi connectivity index (χ3n) is 3.91. The lowest BCUT2D eigenvalue weighted by atomic mass is 10.2. The number of amides is 1. The van der Waals surface area contributed by atoms with Crippen LogP contribution < -0.4 is 5.56 Å². The molecule has 134 valence electrons. The van der Waals surface area contributed by atoms with Crippen LogP contribution in [0.4, 0.5) is 0 Å². The summed E-state index contributed by atoms with van der Waals surface area (Å²) in [7, 11) is 1.57. The van der Waals surface area contributed by atoms with E-state index in [1.54, 1.807) is 42.5 Å². The van der Waals surface area contributed by atoms with Crippen molar-refractivity contribution >= 4 is 16.8 Å². The molecule has 2 aromatic heterocycles. The van der Waals surface area contributed by atoms with Crippen molar-refractivity contribution in [2.75, 3.05) is 20.3 Å². The van der Waals surface area contributed by atoms with E-state index >= 15 is 0 Å². The number of hydrogen-bond acceptors (Lipinski definition) is 6. The number of carbonyl (C=O) groups excluding carboxylic acids is 1. The van der Waals surface area contributed by atoms with Crippen LogP contribution in [0.3, 0.4) is 0 Å². The highest BCUT2D eigenvalue weighted by Gasteiger charge is 2.17. The Bertz CT molecular complexity index is 942. The van der Waals surface area contributed by atoms with E-state index in [0.717, 1.165) is 10.4 Å². The summed E-state index contributed by atoms with van der Waals surface area (Å²) in [6.45, 7) is 0.921. The van der Waals surface area contributed by atoms with Gasteiger partial charge in [-0.05, 0) is 24.3 Å². The molecule has 1 aromatic carbocycles. The van der Waals surface area contributed by atoms with E-state index in [4.69, 9.17) is 4.74 Å². The summed E-state index contributed by atoms with van der Waals surface area (Å²) in [6, 6.07) is 12.4. The smallest absolute Gasteiger partial charge is 0.278 e. The van der Waals surface area contributed by atoms with Crippen LogP contribution in [0, 0.1) is 0 Å². The van der Waals surface area contributed by atoms with Crippen molar-refractivity contribution in [3.05, 3.63) is 64.7 Å². The molecular weight excluding hydrogens is 334 g/mol. The monoisotopic (exact) mass is 353 g/mol. The van der Waals surface area contributed by atoms with Crippen molar-refractivity contribution in [2.45, 2.75) is 13.1 Å². The molecule has 26 heavy (non-hydrogen) atoms. The summed E-state index contributed by atoms with van der Waals surface area (Å²) in [5.74, 6) is -0.251. The van der Waals surface area contributed by atoms with Gasteiger partial charge in [0.05, 0.1) is 24.2 Å². The van der Waals surface area contributed by atoms with E-state index in [0.29, 0.717) is 30.6 Å². The fourth-order valence-electron chi connectivity index (χ4n) is 2.54. The standard InChI is InChI=1S/C18H19N5O3/c1-26-11-10-22(12-14-6-4-5-9-19-14)17(24)13-23-18(25)15-7-2-3-8-16(15)20-21-23/h2-9H,10-13H2,1H3. The molecule has 2 heterocycles. The average molecular weight is 353 g/mol. The van der Waals surface area contributed by atoms with Gasteiger partial charge in [0.2, 0.25) is 5.91 Å². The van der Waals surface area contributed by atoms with E-state index in [1.165, 1.54) is 0 Å². The Morgan fingerprint density at radius 3 is 2.77 bits per heavy atom. The van der Waals surface area contributed by atoms with E-state index in [9.17, 15) is 9.59 Å². The van der Waals surface area contributed by atoms with Gasteiger partial charge in [0.1, 0.15) is 12.1 Å². The Labute approximate surface area is 150 Å². The molecule has 1 amide bonds. The number of hydrogen-bond donors (Lipinski definition) is 0. The molecule has 0 aliphatic rings. The minimum absolute atomic E-state index is 0.187. The number of nitrogens with zero attached hydrogens (tertiary/aromatic N) is 5. The molecule has 0 N–H and O–H groups in total. The van der Waals surface area contributed by atoms with Gasteiger partial charge in [-0.2, -0.15) is 0 Å². The van der Waals surface area contributed by atoms with Crippen molar-refractivity contribution in [3.63, 3.8) is 0 Å². The van der Waals surface area contributed by atoms with Gasteiger partial charge in [0.15, 0.2) is 0 Å². The van der Waals surface area contributed by atoms with Gasteiger partial charge in [-0.15, -0.1) is 5.10 Å². The molecule has 8 nitrogen and oxygen atoms in total. The molecule has 0 saturated heterocycles. The molecule has 0 aliphatic heterocycles. The maximum Gasteiger partial charge on any atom is 0.278 e. The summed E-state index contributed by atoms with van der Waals surface area (Å²) in [5.41, 5.74) is 0.924. The number of ether oxygens (including phenoxy) is 1. The zero-order valence-corrected chi connectivity index (χ0v) is 14.4. The summed E-state index contributed by atoms with van der Waals surface area (Å²) < 4.78 is 6.17. The zero-order valence-electron chi connectivity index (χ0n) is 14.4. The first kappa shape index (κ1) is 17.7. The molecule has 0 fully saturated rings. The normalized spacial score (nSPS) is 10.8. The molecule has 0 unspecified atom stereocenters. The Morgan fingerprint density at radius 1 is 1.19 bits per heavy atom. The van der Waals surface area contributed by atoms with Gasteiger partial charge in [-0.3, -0.25) is 14.6 Å². The number of benzene rings is 1. The van der Waals surface area contributed by atoms with E-state index < -0.39 is 0 Å². The maximum absolute atomic E-state index is 12.7. The molecule has 3 rings (SSSR count). The molecular formula is C18H19N5O3. The summed E-state index contributed by atoms with van der Waals surface area (Å²) in [6.07, 6.45) is 1.67. The topological polar surface area (TPSA) is 90.2 Å². The lowest BCUT2D eigenvalue weighted by Crippen LogP contribution is -2.39. The molecule has 0 bridgehead atoms. The van der Waals surface area contributed by atoms with Crippen LogP contribution in [-0.2, 0) is 22.6 Å². The Balaban J connectivity index is 1.81. The Hall–Kier alpha value is -3.13. The first-order chi connectivity index (χ1) is 12.7. The van der Waals surface area contributed by atoms with Crippen LogP contribution in [-0.4, -0.2) is 51.0 Å².